The normalized spacial score (nSPS) is 19.8. The first-order chi connectivity index (χ1) is 11.7. The monoisotopic (exact) mass is 329 g/mol. The molecular weight excluding hydrogens is 306 g/mol. The number of hydrogen-bond acceptors (Lipinski definition) is 4. The molecule has 1 aliphatic heterocycles. The smallest absolute Gasteiger partial charge is 0.307 e. The predicted octanol–water partition coefficient (Wildman–Crippen LogP) is 3.56. The molecule has 1 fully saturated rings. The van der Waals surface area contributed by atoms with Gasteiger partial charge in [-0.1, -0.05) is 18.2 Å². The molecule has 0 radical (unpaired) electrons. The Balaban J connectivity index is 1.97. The summed E-state index contributed by atoms with van der Waals surface area (Å²) in [6.45, 7) is 3.90. The van der Waals surface area contributed by atoms with Crippen molar-refractivity contribution in [3.63, 3.8) is 0 Å². The van der Waals surface area contributed by atoms with E-state index in [1.54, 1.807) is 6.26 Å². The molecule has 3 rings (SSSR count). The minimum absolute atomic E-state index is 0.134. The number of ether oxygens (including phenoxy) is 1. The molecule has 1 N–H and O–H groups in total. The molecule has 128 valence electrons. The molecule has 1 aliphatic rings. The molecule has 24 heavy (non-hydrogen) atoms. The van der Waals surface area contributed by atoms with Crippen LogP contribution in [0.5, 0.6) is 5.75 Å². The van der Waals surface area contributed by atoms with Crippen molar-refractivity contribution in [2.24, 2.45) is 5.92 Å². The number of likely N-dealkylation sites (tertiary alicyclic amines) is 1. The Hall–Kier alpha value is -2.27. The molecule has 2 aromatic rings. The molecule has 5 heteroatoms. The number of nitrogens with zero attached hydrogens (tertiary/aromatic N) is 1. The molecular formula is C19H23NO4. The van der Waals surface area contributed by atoms with Gasteiger partial charge in [-0.25, -0.2) is 0 Å². The number of hydrogen-bond donors (Lipinski definition) is 1. The van der Waals surface area contributed by atoms with Gasteiger partial charge in [-0.15, -0.1) is 0 Å². The van der Waals surface area contributed by atoms with Crippen LogP contribution < -0.4 is 4.74 Å². The van der Waals surface area contributed by atoms with Crippen molar-refractivity contribution in [3.8, 4) is 5.75 Å². The lowest BCUT2D eigenvalue weighted by Crippen LogP contribution is -2.41. The van der Waals surface area contributed by atoms with Crippen LogP contribution in [0.1, 0.15) is 37.1 Å². The standard InChI is InChI=1S/C19H23NO4/c1-2-23-16-9-4-3-8-15(16)18(17-10-6-12-24-17)20-11-5-7-14(13-20)19(21)22/h3-4,6,8-10,12,14,18H,2,5,7,11,13H2,1H3,(H,21,22). The second-order valence-electron chi connectivity index (χ2n) is 6.06. The lowest BCUT2D eigenvalue weighted by Gasteiger charge is -2.36. The quantitative estimate of drug-likeness (QED) is 0.878. The van der Waals surface area contributed by atoms with E-state index in [0.29, 0.717) is 13.2 Å². The fraction of sp³-hybridized carbons (Fsp3) is 0.421. The summed E-state index contributed by atoms with van der Waals surface area (Å²) in [5.41, 5.74) is 1.01. The summed E-state index contributed by atoms with van der Waals surface area (Å²) in [5.74, 6) is 0.568. The maximum atomic E-state index is 11.4. The Bertz CT molecular complexity index is 668. The molecule has 0 aliphatic carbocycles. The van der Waals surface area contributed by atoms with E-state index in [1.165, 1.54) is 0 Å². The summed E-state index contributed by atoms with van der Waals surface area (Å²) in [6.07, 6.45) is 3.25. The number of carboxylic acids is 1. The van der Waals surface area contributed by atoms with Crippen molar-refractivity contribution in [2.45, 2.75) is 25.8 Å². The van der Waals surface area contributed by atoms with E-state index in [1.807, 2.05) is 43.3 Å². The fourth-order valence-corrected chi connectivity index (χ4v) is 3.41. The van der Waals surface area contributed by atoms with Crippen molar-refractivity contribution >= 4 is 5.97 Å². The Morgan fingerprint density at radius 1 is 1.38 bits per heavy atom. The maximum absolute atomic E-state index is 11.4. The molecule has 0 saturated carbocycles. The third-order valence-electron chi connectivity index (χ3n) is 4.49. The van der Waals surface area contributed by atoms with Gasteiger partial charge in [0.05, 0.1) is 24.8 Å². The molecule has 0 amide bonds. The minimum Gasteiger partial charge on any atom is -0.494 e. The number of aliphatic carboxylic acids is 1. The van der Waals surface area contributed by atoms with Gasteiger partial charge in [0.2, 0.25) is 0 Å². The van der Waals surface area contributed by atoms with Crippen LogP contribution in [0.15, 0.2) is 47.1 Å². The van der Waals surface area contributed by atoms with Gasteiger partial charge in [-0.05, 0) is 44.5 Å². The number of benzene rings is 1. The zero-order valence-electron chi connectivity index (χ0n) is 13.9. The average Bonchev–Trinajstić information content (AvgIpc) is 3.11. The summed E-state index contributed by atoms with van der Waals surface area (Å²) in [6, 6.07) is 11.6. The van der Waals surface area contributed by atoms with E-state index >= 15 is 0 Å². The SMILES string of the molecule is CCOc1ccccc1C(c1ccco1)N1CCCC(C(=O)O)C1. The highest BCUT2D eigenvalue weighted by molar-refractivity contribution is 5.70. The van der Waals surface area contributed by atoms with Crippen LogP contribution in [0, 0.1) is 5.92 Å². The van der Waals surface area contributed by atoms with E-state index in [2.05, 4.69) is 4.90 Å². The Labute approximate surface area is 141 Å². The third-order valence-corrected chi connectivity index (χ3v) is 4.49. The maximum Gasteiger partial charge on any atom is 0.307 e. The third kappa shape index (κ3) is 3.46. The van der Waals surface area contributed by atoms with E-state index < -0.39 is 5.97 Å². The number of furan rings is 1. The first-order valence-corrected chi connectivity index (χ1v) is 8.42. The van der Waals surface area contributed by atoms with Crippen LogP contribution >= 0.6 is 0 Å². The molecule has 5 nitrogen and oxygen atoms in total. The molecule has 2 heterocycles. The van der Waals surface area contributed by atoms with Gasteiger partial charge in [0.25, 0.3) is 0 Å². The first-order valence-electron chi connectivity index (χ1n) is 8.42. The lowest BCUT2D eigenvalue weighted by molar-refractivity contribution is -0.143. The van der Waals surface area contributed by atoms with Crippen LogP contribution in [0.4, 0.5) is 0 Å². The average molecular weight is 329 g/mol. The largest absolute Gasteiger partial charge is 0.494 e. The second kappa shape index (κ2) is 7.53. The Morgan fingerprint density at radius 2 is 2.21 bits per heavy atom. The van der Waals surface area contributed by atoms with E-state index in [9.17, 15) is 9.90 Å². The van der Waals surface area contributed by atoms with Gasteiger partial charge in [-0.2, -0.15) is 0 Å². The molecule has 0 bridgehead atoms. The van der Waals surface area contributed by atoms with E-state index in [4.69, 9.17) is 9.15 Å². The number of carbonyl (C=O) groups is 1. The summed E-state index contributed by atoms with van der Waals surface area (Å²) in [5, 5.41) is 9.40. The van der Waals surface area contributed by atoms with Crippen molar-refractivity contribution < 1.29 is 19.1 Å². The summed E-state index contributed by atoms with van der Waals surface area (Å²) in [4.78, 5) is 13.6. The van der Waals surface area contributed by atoms with Crippen LogP contribution in [0.2, 0.25) is 0 Å². The highest BCUT2D eigenvalue weighted by atomic mass is 16.5. The lowest BCUT2D eigenvalue weighted by atomic mass is 9.93. The van der Waals surface area contributed by atoms with Crippen molar-refractivity contribution in [1.82, 2.24) is 4.90 Å². The van der Waals surface area contributed by atoms with E-state index in [0.717, 1.165) is 36.5 Å². The zero-order chi connectivity index (χ0) is 16.9. The number of carboxylic acid groups (broad SMARTS) is 1. The number of piperidine rings is 1. The Morgan fingerprint density at radius 3 is 2.92 bits per heavy atom. The first kappa shape index (κ1) is 16.6. The van der Waals surface area contributed by atoms with Gasteiger partial charge in [0.15, 0.2) is 0 Å². The highest BCUT2D eigenvalue weighted by Crippen LogP contribution is 2.37. The van der Waals surface area contributed by atoms with Gasteiger partial charge < -0.3 is 14.3 Å². The second-order valence-corrected chi connectivity index (χ2v) is 6.06. The fourth-order valence-electron chi connectivity index (χ4n) is 3.41. The topological polar surface area (TPSA) is 62.9 Å². The predicted molar refractivity (Wildman–Crippen MR) is 90.1 cm³/mol. The molecule has 2 atom stereocenters. The summed E-state index contributed by atoms with van der Waals surface area (Å²) < 4.78 is 11.5. The molecule has 2 unspecified atom stereocenters. The van der Waals surface area contributed by atoms with Crippen molar-refractivity contribution in [1.29, 1.82) is 0 Å². The molecule has 1 aromatic heterocycles. The van der Waals surface area contributed by atoms with Crippen LogP contribution in [0.25, 0.3) is 0 Å². The van der Waals surface area contributed by atoms with Crippen LogP contribution in [-0.4, -0.2) is 35.7 Å². The van der Waals surface area contributed by atoms with Gasteiger partial charge in [-0.3, -0.25) is 9.69 Å². The van der Waals surface area contributed by atoms with Gasteiger partial charge in [0, 0.05) is 12.1 Å². The minimum atomic E-state index is -0.726. The highest BCUT2D eigenvalue weighted by Gasteiger charge is 2.33. The molecule has 1 aromatic carbocycles. The van der Waals surface area contributed by atoms with Gasteiger partial charge >= 0.3 is 5.97 Å². The van der Waals surface area contributed by atoms with Gasteiger partial charge in [0.1, 0.15) is 11.5 Å². The van der Waals surface area contributed by atoms with E-state index in [-0.39, 0.29) is 12.0 Å². The van der Waals surface area contributed by atoms with Crippen LogP contribution in [-0.2, 0) is 4.79 Å². The Kier molecular flexibility index (Phi) is 5.20. The number of para-hydroxylation sites is 1. The van der Waals surface area contributed by atoms with Crippen LogP contribution in [0.3, 0.4) is 0 Å². The van der Waals surface area contributed by atoms with Crippen molar-refractivity contribution in [3.05, 3.63) is 54.0 Å². The summed E-state index contributed by atoms with van der Waals surface area (Å²) in [7, 11) is 0. The van der Waals surface area contributed by atoms with Crippen molar-refractivity contribution in [2.75, 3.05) is 19.7 Å². The zero-order valence-corrected chi connectivity index (χ0v) is 13.9. The number of rotatable bonds is 6. The molecule has 1 saturated heterocycles. The molecule has 0 spiro atoms. The summed E-state index contributed by atoms with van der Waals surface area (Å²) >= 11 is 0.